The molecule has 0 saturated carbocycles. The molecule has 0 aliphatic rings. The second-order valence-electron chi connectivity index (χ2n) is 3.39. The minimum absolute atomic E-state index is 0.0891. The van der Waals surface area contributed by atoms with Crippen LogP contribution in [0.5, 0.6) is 0 Å². The first kappa shape index (κ1) is 11.2. The van der Waals surface area contributed by atoms with Gasteiger partial charge in [0.05, 0.1) is 0 Å². The Kier molecular flexibility index (Phi) is 4.11. The Labute approximate surface area is 89.1 Å². The van der Waals surface area contributed by atoms with Gasteiger partial charge in [-0.05, 0) is 31.2 Å². The summed E-state index contributed by atoms with van der Waals surface area (Å²) in [5.41, 5.74) is 6.65. The predicted octanol–water partition coefficient (Wildman–Crippen LogP) is 2.36. The maximum Gasteiger partial charge on any atom is 0.130 e. The van der Waals surface area contributed by atoms with E-state index in [9.17, 15) is 4.79 Å². The van der Waals surface area contributed by atoms with E-state index in [-0.39, 0.29) is 11.7 Å². The topological polar surface area (TPSA) is 43.1 Å². The third-order valence-corrected chi connectivity index (χ3v) is 2.37. The lowest BCUT2D eigenvalue weighted by atomic mass is 9.94. The molecule has 1 atom stereocenters. The Morgan fingerprint density at radius 1 is 1.57 bits per heavy atom. The van der Waals surface area contributed by atoms with E-state index in [1.807, 2.05) is 24.3 Å². The fraction of sp³-hybridized carbons (Fsp3) is 0.364. The summed E-state index contributed by atoms with van der Waals surface area (Å²) < 4.78 is 0. The van der Waals surface area contributed by atoms with E-state index in [2.05, 4.69) is 0 Å². The highest BCUT2D eigenvalue weighted by molar-refractivity contribution is 6.30. The first-order valence-corrected chi connectivity index (χ1v) is 4.96. The van der Waals surface area contributed by atoms with E-state index >= 15 is 0 Å². The van der Waals surface area contributed by atoms with E-state index < -0.39 is 0 Å². The summed E-state index contributed by atoms with van der Waals surface area (Å²) in [5, 5.41) is 0.685. The van der Waals surface area contributed by atoms with Gasteiger partial charge in [0.25, 0.3) is 0 Å². The van der Waals surface area contributed by atoms with Crippen molar-refractivity contribution in [3.05, 3.63) is 34.9 Å². The number of carbonyl (C=O) groups excluding carboxylic acids is 1. The molecular weight excluding hydrogens is 198 g/mol. The van der Waals surface area contributed by atoms with Crippen molar-refractivity contribution in [3.63, 3.8) is 0 Å². The smallest absolute Gasteiger partial charge is 0.130 e. The second kappa shape index (κ2) is 5.13. The average Bonchev–Trinajstić information content (AvgIpc) is 2.14. The van der Waals surface area contributed by atoms with Gasteiger partial charge in [0.1, 0.15) is 5.78 Å². The van der Waals surface area contributed by atoms with Crippen LogP contribution in [-0.2, 0) is 4.79 Å². The Morgan fingerprint density at radius 2 is 2.29 bits per heavy atom. The van der Waals surface area contributed by atoms with E-state index in [0.717, 1.165) is 5.56 Å². The lowest BCUT2D eigenvalue weighted by molar-refractivity contribution is -0.117. The van der Waals surface area contributed by atoms with Crippen LogP contribution >= 0.6 is 11.6 Å². The fourth-order valence-electron chi connectivity index (χ4n) is 1.44. The molecule has 2 N–H and O–H groups in total. The van der Waals surface area contributed by atoms with Gasteiger partial charge in [0, 0.05) is 17.4 Å². The van der Waals surface area contributed by atoms with E-state index in [1.165, 1.54) is 0 Å². The zero-order valence-electron chi connectivity index (χ0n) is 8.16. The van der Waals surface area contributed by atoms with Crippen molar-refractivity contribution in [2.24, 2.45) is 5.73 Å². The van der Waals surface area contributed by atoms with Crippen LogP contribution in [0.2, 0.25) is 5.02 Å². The number of rotatable bonds is 4. The summed E-state index contributed by atoms with van der Waals surface area (Å²) in [7, 11) is 0. The van der Waals surface area contributed by atoms with Crippen LogP contribution in [0.1, 0.15) is 24.8 Å². The Bertz CT molecular complexity index is 325. The zero-order chi connectivity index (χ0) is 10.6. The molecule has 0 fully saturated rings. The number of ketones is 1. The number of carbonyl (C=O) groups is 1. The summed E-state index contributed by atoms with van der Waals surface area (Å²) in [6.07, 6.45) is 0.483. The molecule has 2 nitrogen and oxygen atoms in total. The molecule has 0 aliphatic carbocycles. The third kappa shape index (κ3) is 3.13. The molecule has 0 amide bonds. The Morgan fingerprint density at radius 3 is 2.79 bits per heavy atom. The number of hydrogen-bond acceptors (Lipinski definition) is 2. The van der Waals surface area contributed by atoms with Gasteiger partial charge in [-0.25, -0.2) is 0 Å². The molecular formula is C11H14ClNO. The van der Waals surface area contributed by atoms with Gasteiger partial charge in [-0.15, -0.1) is 0 Å². The molecule has 1 aromatic carbocycles. The molecule has 0 aliphatic heterocycles. The number of hydrogen-bond donors (Lipinski definition) is 1. The van der Waals surface area contributed by atoms with Crippen molar-refractivity contribution >= 4 is 17.4 Å². The molecule has 76 valence electrons. The molecule has 0 heterocycles. The highest BCUT2D eigenvalue weighted by atomic mass is 35.5. The van der Waals surface area contributed by atoms with E-state index in [4.69, 9.17) is 17.3 Å². The normalized spacial score (nSPS) is 12.5. The minimum atomic E-state index is 0.0891. The largest absolute Gasteiger partial charge is 0.330 e. The SMILES string of the molecule is CC(=O)CC(CN)c1cccc(Cl)c1. The first-order valence-electron chi connectivity index (χ1n) is 4.58. The van der Waals surface area contributed by atoms with Crippen molar-refractivity contribution in [2.75, 3.05) is 6.54 Å². The van der Waals surface area contributed by atoms with Crippen molar-refractivity contribution in [2.45, 2.75) is 19.3 Å². The van der Waals surface area contributed by atoms with Crippen LogP contribution in [0.15, 0.2) is 24.3 Å². The maximum atomic E-state index is 11.0. The molecule has 1 aromatic rings. The number of Topliss-reactive ketones (excluding diaryl/α,β-unsaturated/α-hetero) is 1. The molecule has 1 unspecified atom stereocenters. The van der Waals surface area contributed by atoms with Crippen molar-refractivity contribution in [3.8, 4) is 0 Å². The Balaban J connectivity index is 2.83. The highest BCUT2D eigenvalue weighted by Crippen LogP contribution is 2.21. The number of benzene rings is 1. The molecule has 14 heavy (non-hydrogen) atoms. The number of nitrogens with two attached hydrogens (primary N) is 1. The molecule has 1 rings (SSSR count). The van der Waals surface area contributed by atoms with E-state index in [0.29, 0.717) is 18.0 Å². The van der Waals surface area contributed by atoms with Gasteiger partial charge < -0.3 is 10.5 Å². The maximum absolute atomic E-state index is 11.0. The number of halogens is 1. The van der Waals surface area contributed by atoms with Crippen LogP contribution in [-0.4, -0.2) is 12.3 Å². The van der Waals surface area contributed by atoms with Gasteiger partial charge in [0.2, 0.25) is 0 Å². The van der Waals surface area contributed by atoms with Crippen LogP contribution in [0.3, 0.4) is 0 Å². The third-order valence-electron chi connectivity index (χ3n) is 2.14. The van der Waals surface area contributed by atoms with Gasteiger partial charge in [-0.2, -0.15) is 0 Å². The molecule has 0 saturated heterocycles. The van der Waals surface area contributed by atoms with Gasteiger partial charge in [-0.3, -0.25) is 0 Å². The molecule has 0 radical (unpaired) electrons. The second-order valence-corrected chi connectivity index (χ2v) is 3.83. The van der Waals surface area contributed by atoms with Crippen LogP contribution in [0.4, 0.5) is 0 Å². The summed E-state index contributed by atoms with van der Waals surface area (Å²) in [4.78, 5) is 11.0. The monoisotopic (exact) mass is 211 g/mol. The molecule has 0 aromatic heterocycles. The minimum Gasteiger partial charge on any atom is -0.330 e. The zero-order valence-corrected chi connectivity index (χ0v) is 8.92. The van der Waals surface area contributed by atoms with Crippen molar-refractivity contribution in [1.29, 1.82) is 0 Å². The summed E-state index contributed by atoms with van der Waals surface area (Å²) in [6, 6.07) is 7.50. The molecule has 0 bridgehead atoms. The predicted molar refractivity (Wildman–Crippen MR) is 58.5 cm³/mol. The van der Waals surface area contributed by atoms with Crippen molar-refractivity contribution < 1.29 is 4.79 Å². The molecule has 0 spiro atoms. The van der Waals surface area contributed by atoms with Crippen LogP contribution < -0.4 is 5.73 Å². The van der Waals surface area contributed by atoms with Gasteiger partial charge in [-0.1, -0.05) is 23.7 Å². The quantitative estimate of drug-likeness (QED) is 0.831. The lowest BCUT2D eigenvalue weighted by Crippen LogP contribution is -2.15. The lowest BCUT2D eigenvalue weighted by Gasteiger charge is -2.13. The summed E-state index contributed by atoms with van der Waals surface area (Å²) >= 11 is 5.86. The average molecular weight is 212 g/mol. The summed E-state index contributed by atoms with van der Waals surface area (Å²) in [6.45, 7) is 2.05. The van der Waals surface area contributed by atoms with E-state index in [1.54, 1.807) is 6.92 Å². The molecule has 3 heteroatoms. The standard InChI is InChI=1S/C11H14ClNO/c1-8(14)5-10(7-13)9-3-2-4-11(12)6-9/h2-4,6,10H,5,7,13H2,1H3. The van der Waals surface area contributed by atoms with Crippen LogP contribution in [0.25, 0.3) is 0 Å². The van der Waals surface area contributed by atoms with Crippen LogP contribution in [0, 0.1) is 0 Å². The fourth-order valence-corrected chi connectivity index (χ4v) is 1.64. The first-order chi connectivity index (χ1) is 6.63. The Hall–Kier alpha value is -0.860. The highest BCUT2D eigenvalue weighted by Gasteiger charge is 2.11. The van der Waals surface area contributed by atoms with Gasteiger partial charge in [0.15, 0.2) is 0 Å². The van der Waals surface area contributed by atoms with Gasteiger partial charge >= 0.3 is 0 Å². The summed E-state index contributed by atoms with van der Waals surface area (Å²) in [5.74, 6) is 0.242. The van der Waals surface area contributed by atoms with Crippen molar-refractivity contribution in [1.82, 2.24) is 0 Å².